The molecule has 0 fully saturated rings. The van der Waals surface area contributed by atoms with Crippen molar-refractivity contribution in [2.45, 2.75) is 0 Å². The van der Waals surface area contributed by atoms with Crippen molar-refractivity contribution in [1.29, 1.82) is 0 Å². The summed E-state index contributed by atoms with van der Waals surface area (Å²) in [6.45, 7) is 0. The van der Waals surface area contributed by atoms with E-state index in [1.165, 1.54) is 5.39 Å². The van der Waals surface area contributed by atoms with Crippen LogP contribution in [0.5, 0.6) is 0 Å². The molecule has 0 aliphatic heterocycles. The Labute approximate surface area is 111 Å². The number of thiazole rings is 1. The number of aromatic nitrogens is 2. The second-order valence-corrected chi connectivity index (χ2v) is 4.11. The maximum Gasteiger partial charge on any atom is 0.142 e. The molecule has 2 nitrogen and oxygen atoms in total. The Balaban J connectivity index is 0.000000963. The predicted octanol–water partition coefficient (Wildman–Crippen LogP) is 3.36. The summed E-state index contributed by atoms with van der Waals surface area (Å²) in [6, 6.07) is 10.3. The molecule has 2 aromatic heterocycles. The van der Waals surface area contributed by atoms with Crippen LogP contribution >= 0.6 is 11.3 Å². The van der Waals surface area contributed by atoms with Gasteiger partial charge in [-0.05, 0) is 11.5 Å². The van der Waals surface area contributed by atoms with Crippen LogP contribution < -0.4 is 0 Å². The molecule has 3 rings (SSSR count). The molecule has 0 saturated carbocycles. The van der Waals surface area contributed by atoms with Gasteiger partial charge in [-0.25, -0.2) is 4.98 Å². The molecule has 0 N–H and O–H groups in total. The third-order valence-electron chi connectivity index (χ3n) is 2.31. The largest absolute Gasteiger partial charge is 0.253 e. The number of nitrogens with zero attached hydrogens (tertiary/aromatic N) is 2. The van der Waals surface area contributed by atoms with E-state index in [0.717, 1.165) is 16.1 Å². The Kier molecular flexibility index (Phi) is 3.44. The van der Waals surface area contributed by atoms with E-state index in [9.17, 15) is 0 Å². The minimum Gasteiger partial charge on any atom is -0.253 e. The average molecular weight is 404 g/mol. The standard InChI is InChI=1S/C12H8N2S.Ir/c1-2-4-10-9(3-1)5-6-13-11(10)12-14-7-8-15-12;/h1-8H;. The van der Waals surface area contributed by atoms with Gasteiger partial charge in [-0.15, -0.1) is 11.3 Å². The summed E-state index contributed by atoms with van der Waals surface area (Å²) in [7, 11) is 0. The van der Waals surface area contributed by atoms with Gasteiger partial charge in [0, 0.05) is 43.3 Å². The Morgan fingerprint density at radius 1 is 0.938 bits per heavy atom. The molecular weight excluding hydrogens is 396 g/mol. The topological polar surface area (TPSA) is 25.8 Å². The van der Waals surface area contributed by atoms with E-state index >= 15 is 0 Å². The number of rotatable bonds is 1. The summed E-state index contributed by atoms with van der Waals surface area (Å²) in [4.78, 5) is 8.69. The van der Waals surface area contributed by atoms with Crippen LogP contribution in [0.2, 0.25) is 0 Å². The number of hydrogen-bond donors (Lipinski definition) is 0. The van der Waals surface area contributed by atoms with Gasteiger partial charge in [0.2, 0.25) is 0 Å². The Bertz CT molecular complexity index is 588. The van der Waals surface area contributed by atoms with Crippen molar-refractivity contribution < 1.29 is 20.1 Å². The molecule has 0 atom stereocenters. The van der Waals surface area contributed by atoms with Crippen molar-refractivity contribution >= 4 is 22.1 Å². The molecule has 0 saturated heterocycles. The van der Waals surface area contributed by atoms with E-state index < -0.39 is 0 Å². The number of benzene rings is 1. The third-order valence-corrected chi connectivity index (χ3v) is 3.09. The maximum absolute atomic E-state index is 4.40. The Morgan fingerprint density at radius 3 is 2.62 bits per heavy atom. The first kappa shape index (κ1) is 11.4. The molecule has 1 aromatic carbocycles. The molecule has 0 bridgehead atoms. The minimum absolute atomic E-state index is 0. The van der Waals surface area contributed by atoms with E-state index in [0.29, 0.717) is 0 Å². The van der Waals surface area contributed by atoms with E-state index in [4.69, 9.17) is 0 Å². The normalized spacial score (nSPS) is 10.0. The number of hydrogen-bond acceptors (Lipinski definition) is 3. The summed E-state index contributed by atoms with van der Waals surface area (Å²) in [5, 5.41) is 5.32. The van der Waals surface area contributed by atoms with Crippen molar-refractivity contribution in [2.75, 3.05) is 0 Å². The monoisotopic (exact) mass is 405 g/mol. The van der Waals surface area contributed by atoms with E-state index in [1.807, 2.05) is 36.0 Å². The average Bonchev–Trinajstić information content (AvgIpc) is 2.82. The van der Waals surface area contributed by atoms with E-state index in [-0.39, 0.29) is 20.1 Å². The molecule has 81 valence electrons. The predicted molar refractivity (Wildman–Crippen MR) is 62.9 cm³/mol. The van der Waals surface area contributed by atoms with Crippen LogP contribution in [0, 0.1) is 0 Å². The molecule has 16 heavy (non-hydrogen) atoms. The van der Waals surface area contributed by atoms with Crippen LogP contribution in [-0.2, 0) is 20.1 Å². The zero-order chi connectivity index (χ0) is 10.1. The molecule has 1 radical (unpaired) electrons. The Morgan fingerprint density at radius 2 is 1.81 bits per heavy atom. The summed E-state index contributed by atoms with van der Waals surface area (Å²) < 4.78 is 0. The van der Waals surface area contributed by atoms with Gasteiger partial charge in [-0.2, -0.15) is 0 Å². The van der Waals surface area contributed by atoms with Crippen LogP contribution in [0.4, 0.5) is 0 Å². The van der Waals surface area contributed by atoms with Gasteiger partial charge in [0.25, 0.3) is 0 Å². The van der Waals surface area contributed by atoms with Gasteiger partial charge in [-0.3, -0.25) is 4.98 Å². The first-order valence-corrected chi connectivity index (χ1v) is 5.57. The molecule has 4 heteroatoms. The summed E-state index contributed by atoms with van der Waals surface area (Å²) in [6.07, 6.45) is 3.64. The molecule has 0 aliphatic rings. The van der Waals surface area contributed by atoms with Gasteiger partial charge in [0.15, 0.2) is 0 Å². The van der Waals surface area contributed by atoms with Gasteiger partial charge < -0.3 is 0 Å². The smallest absolute Gasteiger partial charge is 0.142 e. The van der Waals surface area contributed by atoms with Crippen molar-refractivity contribution in [3.05, 3.63) is 48.1 Å². The second-order valence-electron chi connectivity index (χ2n) is 3.22. The van der Waals surface area contributed by atoms with Gasteiger partial charge in [-0.1, -0.05) is 24.3 Å². The second kappa shape index (κ2) is 4.83. The minimum atomic E-state index is 0. The van der Waals surface area contributed by atoms with Gasteiger partial charge >= 0.3 is 0 Å². The zero-order valence-electron chi connectivity index (χ0n) is 8.25. The van der Waals surface area contributed by atoms with Crippen LogP contribution in [0.3, 0.4) is 0 Å². The van der Waals surface area contributed by atoms with Gasteiger partial charge in [0.1, 0.15) is 10.7 Å². The maximum atomic E-state index is 4.40. The van der Waals surface area contributed by atoms with E-state index in [1.54, 1.807) is 11.3 Å². The summed E-state index contributed by atoms with van der Waals surface area (Å²) in [5.74, 6) is 0. The fourth-order valence-corrected chi connectivity index (χ4v) is 2.28. The van der Waals surface area contributed by atoms with Crippen LogP contribution in [0.25, 0.3) is 21.5 Å². The Hall–Kier alpha value is -1.09. The SMILES string of the molecule is [Ir].c1ccc2c(-c3nccs3)nccc2c1. The zero-order valence-corrected chi connectivity index (χ0v) is 11.5. The summed E-state index contributed by atoms with van der Waals surface area (Å²) >= 11 is 1.62. The first-order chi connectivity index (χ1) is 7.45. The molecular formula is C12H8IrN2S. The van der Waals surface area contributed by atoms with Gasteiger partial charge in [0.05, 0.1) is 0 Å². The van der Waals surface area contributed by atoms with Crippen molar-refractivity contribution in [3.63, 3.8) is 0 Å². The fourth-order valence-electron chi connectivity index (χ4n) is 1.63. The van der Waals surface area contributed by atoms with Crippen molar-refractivity contribution in [2.24, 2.45) is 0 Å². The van der Waals surface area contributed by atoms with Crippen molar-refractivity contribution in [1.82, 2.24) is 9.97 Å². The fraction of sp³-hybridized carbons (Fsp3) is 0. The third kappa shape index (κ3) is 1.92. The van der Waals surface area contributed by atoms with Crippen LogP contribution in [-0.4, -0.2) is 9.97 Å². The quantitative estimate of drug-likeness (QED) is 0.622. The number of pyridine rings is 1. The first-order valence-electron chi connectivity index (χ1n) is 4.69. The number of fused-ring (bicyclic) bond motifs is 1. The van der Waals surface area contributed by atoms with Crippen LogP contribution in [0.1, 0.15) is 0 Å². The molecule has 2 heterocycles. The molecule has 3 aromatic rings. The van der Waals surface area contributed by atoms with Crippen molar-refractivity contribution in [3.8, 4) is 10.7 Å². The molecule has 0 spiro atoms. The van der Waals surface area contributed by atoms with Crippen LogP contribution in [0.15, 0.2) is 48.1 Å². The molecule has 0 unspecified atom stereocenters. The summed E-state index contributed by atoms with van der Waals surface area (Å²) in [5.41, 5.74) is 0.975. The molecule has 0 amide bonds. The molecule has 0 aliphatic carbocycles. The van der Waals surface area contributed by atoms with E-state index in [2.05, 4.69) is 22.1 Å².